The molecule has 0 aliphatic rings. The molecule has 0 amide bonds. The predicted octanol–water partition coefficient (Wildman–Crippen LogP) is 1.92. The number of hydrogen-bond donors (Lipinski definition) is 2. The average molecular weight is 237 g/mol. The summed E-state index contributed by atoms with van der Waals surface area (Å²) in [6.45, 7) is 1.56. The Labute approximate surface area is 77.6 Å². The fourth-order valence-corrected chi connectivity index (χ4v) is 2.32. The molecular formula is C7H9BrO2S. The van der Waals surface area contributed by atoms with Gasteiger partial charge in [0.1, 0.15) is 6.10 Å². The molecule has 0 aliphatic carbocycles. The Morgan fingerprint density at radius 2 is 2.09 bits per heavy atom. The van der Waals surface area contributed by atoms with Gasteiger partial charge in [0, 0.05) is 15.4 Å². The molecule has 1 rings (SSSR count). The smallest absolute Gasteiger partial charge is 0.106 e. The van der Waals surface area contributed by atoms with E-state index in [1.807, 2.05) is 10.8 Å². The van der Waals surface area contributed by atoms with E-state index in [0.717, 1.165) is 10.0 Å². The van der Waals surface area contributed by atoms with E-state index < -0.39 is 12.2 Å². The van der Waals surface area contributed by atoms with Crippen molar-refractivity contribution in [3.05, 3.63) is 20.8 Å². The molecule has 0 spiro atoms. The first-order valence-corrected chi connectivity index (χ1v) is 4.94. The molecular weight excluding hydrogens is 228 g/mol. The number of aliphatic hydroxyl groups is 2. The number of rotatable bonds is 2. The summed E-state index contributed by atoms with van der Waals surface area (Å²) in [5.74, 6) is 0. The van der Waals surface area contributed by atoms with Crippen molar-refractivity contribution in [1.82, 2.24) is 0 Å². The van der Waals surface area contributed by atoms with Crippen molar-refractivity contribution < 1.29 is 10.2 Å². The molecule has 1 aromatic rings. The zero-order chi connectivity index (χ0) is 8.43. The number of thiophene rings is 1. The number of halogens is 1. The molecule has 0 aromatic carbocycles. The van der Waals surface area contributed by atoms with Gasteiger partial charge in [0.15, 0.2) is 0 Å². The standard InChI is InChI=1S/C7H9BrO2S/c1-4(9)7(10)5-2-11-3-6(5)8/h2-4,7,9-10H,1H3. The molecule has 1 heterocycles. The van der Waals surface area contributed by atoms with Crippen LogP contribution in [0.2, 0.25) is 0 Å². The second kappa shape index (κ2) is 3.67. The van der Waals surface area contributed by atoms with E-state index in [2.05, 4.69) is 15.9 Å². The van der Waals surface area contributed by atoms with Crippen LogP contribution in [0.3, 0.4) is 0 Å². The van der Waals surface area contributed by atoms with Gasteiger partial charge in [0.2, 0.25) is 0 Å². The molecule has 0 radical (unpaired) electrons. The monoisotopic (exact) mass is 236 g/mol. The summed E-state index contributed by atoms with van der Waals surface area (Å²) in [6, 6.07) is 0. The third-order valence-corrected chi connectivity index (χ3v) is 3.17. The van der Waals surface area contributed by atoms with Gasteiger partial charge in [-0.25, -0.2) is 0 Å². The van der Waals surface area contributed by atoms with E-state index in [-0.39, 0.29) is 0 Å². The van der Waals surface area contributed by atoms with Crippen LogP contribution in [0.4, 0.5) is 0 Å². The molecule has 0 bridgehead atoms. The van der Waals surface area contributed by atoms with Gasteiger partial charge in [-0.15, -0.1) is 0 Å². The third-order valence-electron chi connectivity index (χ3n) is 1.42. The maximum absolute atomic E-state index is 9.39. The van der Waals surface area contributed by atoms with Gasteiger partial charge in [-0.3, -0.25) is 0 Å². The van der Waals surface area contributed by atoms with Gasteiger partial charge in [-0.2, -0.15) is 11.3 Å². The van der Waals surface area contributed by atoms with Crippen LogP contribution in [0.25, 0.3) is 0 Å². The summed E-state index contributed by atoms with van der Waals surface area (Å²) < 4.78 is 0.857. The first-order chi connectivity index (χ1) is 5.13. The SMILES string of the molecule is CC(O)C(O)c1cscc1Br. The second-order valence-electron chi connectivity index (χ2n) is 2.36. The van der Waals surface area contributed by atoms with Crippen LogP contribution in [0.5, 0.6) is 0 Å². The highest BCUT2D eigenvalue weighted by atomic mass is 79.9. The minimum absolute atomic E-state index is 0.721. The quantitative estimate of drug-likeness (QED) is 0.824. The lowest BCUT2D eigenvalue weighted by Gasteiger charge is -2.12. The number of hydrogen-bond acceptors (Lipinski definition) is 3. The topological polar surface area (TPSA) is 40.5 Å². The summed E-state index contributed by atoms with van der Waals surface area (Å²) in [5.41, 5.74) is 0.755. The summed E-state index contributed by atoms with van der Waals surface area (Å²) in [7, 11) is 0. The van der Waals surface area contributed by atoms with Crippen LogP contribution in [-0.4, -0.2) is 16.3 Å². The lowest BCUT2D eigenvalue weighted by Crippen LogP contribution is -2.13. The zero-order valence-corrected chi connectivity index (χ0v) is 8.39. The second-order valence-corrected chi connectivity index (χ2v) is 3.96. The van der Waals surface area contributed by atoms with Gasteiger partial charge in [0.25, 0.3) is 0 Å². The first-order valence-electron chi connectivity index (χ1n) is 3.20. The van der Waals surface area contributed by atoms with Gasteiger partial charge < -0.3 is 10.2 Å². The van der Waals surface area contributed by atoms with E-state index in [9.17, 15) is 5.11 Å². The normalized spacial score (nSPS) is 16.4. The van der Waals surface area contributed by atoms with E-state index in [1.165, 1.54) is 11.3 Å². The fraction of sp³-hybridized carbons (Fsp3) is 0.429. The molecule has 2 unspecified atom stereocenters. The maximum Gasteiger partial charge on any atom is 0.106 e. The van der Waals surface area contributed by atoms with Crippen molar-refractivity contribution in [3.63, 3.8) is 0 Å². The summed E-state index contributed by atoms with van der Waals surface area (Å²) in [5, 5.41) is 22.1. The van der Waals surface area contributed by atoms with E-state index in [4.69, 9.17) is 5.11 Å². The minimum Gasteiger partial charge on any atom is -0.390 e. The molecule has 1 aromatic heterocycles. The molecule has 0 saturated carbocycles. The number of aliphatic hydroxyl groups excluding tert-OH is 2. The Morgan fingerprint density at radius 3 is 2.45 bits per heavy atom. The van der Waals surface area contributed by atoms with Crippen LogP contribution in [-0.2, 0) is 0 Å². The lowest BCUT2D eigenvalue weighted by molar-refractivity contribution is 0.0304. The Morgan fingerprint density at radius 1 is 1.45 bits per heavy atom. The van der Waals surface area contributed by atoms with Crippen molar-refractivity contribution in [2.45, 2.75) is 19.1 Å². The Bertz CT molecular complexity index is 234. The van der Waals surface area contributed by atoms with Crippen molar-refractivity contribution in [1.29, 1.82) is 0 Å². The lowest BCUT2D eigenvalue weighted by atomic mass is 10.1. The Balaban J connectivity index is 2.84. The summed E-state index contributed by atoms with van der Waals surface area (Å²) in [6.07, 6.45) is -1.50. The molecule has 0 fully saturated rings. The Hall–Kier alpha value is 0.100. The van der Waals surface area contributed by atoms with Gasteiger partial charge in [-0.1, -0.05) is 0 Å². The highest BCUT2D eigenvalue weighted by molar-refractivity contribution is 9.10. The van der Waals surface area contributed by atoms with Crippen LogP contribution >= 0.6 is 27.3 Å². The van der Waals surface area contributed by atoms with Crippen molar-refractivity contribution in [2.24, 2.45) is 0 Å². The molecule has 2 atom stereocenters. The van der Waals surface area contributed by atoms with Crippen LogP contribution < -0.4 is 0 Å². The van der Waals surface area contributed by atoms with E-state index in [1.54, 1.807) is 6.92 Å². The molecule has 2 nitrogen and oxygen atoms in total. The molecule has 4 heteroatoms. The molecule has 11 heavy (non-hydrogen) atoms. The minimum atomic E-state index is -0.782. The van der Waals surface area contributed by atoms with E-state index >= 15 is 0 Å². The predicted molar refractivity (Wildman–Crippen MR) is 48.7 cm³/mol. The van der Waals surface area contributed by atoms with Crippen LogP contribution in [0.1, 0.15) is 18.6 Å². The first kappa shape index (κ1) is 9.19. The molecule has 62 valence electrons. The fourth-order valence-electron chi connectivity index (χ4n) is 0.762. The van der Waals surface area contributed by atoms with E-state index in [0.29, 0.717) is 0 Å². The zero-order valence-electron chi connectivity index (χ0n) is 5.99. The summed E-state index contributed by atoms with van der Waals surface area (Å²) >= 11 is 4.77. The van der Waals surface area contributed by atoms with Crippen molar-refractivity contribution in [3.8, 4) is 0 Å². The highest BCUT2D eigenvalue weighted by Crippen LogP contribution is 2.28. The molecule has 0 aliphatic heterocycles. The highest BCUT2D eigenvalue weighted by Gasteiger charge is 2.16. The molecule has 0 saturated heterocycles. The van der Waals surface area contributed by atoms with Crippen molar-refractivity contribution in [2.75, 3.05) is 0 Å². The largest absolute Gasteiger partial charge is 0.390 e. The van der Waals surface area contributed by atoms with Gasteiger partial charge in [-0.05, 0) is 28.2 Å². The average Bonchev–Trinajstić information content (AvgIpc) is 2.33. The van der Waals surface area contributed by atoms with Gasteiger partial charge in [0.05, 0.1) is 6.10 Å². The van der Waals surface area contributed by atoms with Crippen LogP contribution in [0, 0.1) is 0 Å². The third kappa shape index (κ3) is 2.02. The summed E-state index contributed by atoms with van der Waals surface area (Å²) in [4.78, 5) is 0. The van der Waals surface area contributed by atoms with Gasteiger partial charge >= 0.3 is 0 Å². The Kier molecular flexibility index (Phi) is 3.06. The maximum atomic E-state index is 9.39. The molecule has 2 N–H and O–H groups in total. The van der Waals surface area contributed by atoms with Crippen LogP contribution in [0.15, 0.2) is 15.2 Å². The van der Waals surface area contributed by atoms with Crippen molar-refractivity contribution >= 4 is 27.3 Å².